The summed E-state index contributed by atoms with van der Waals surface area (Å²) in [5.74, 6) is 0.361. The van der Waals surface area contributed by atoms with Gasteiger partial charge in [0.05, 0.1) is 5.69 Å². The van der Waals surface area contributed by atoms with E-state index in [2.05, 4.69) is 28.1 Å². The van der Waals surface area contributed by atoms with Gasteiger partial charge in [0.2, 0.25) is 0 Å². The summed E-state index contributed by atoms with van der Waals surface area (Å²) in [7, 11) is 0. The van der Waals surface area contributed by atoms with Crippen LogP contribution in [-0.2, 0) is 11.3 Å². The van der Waals surface area contributed by atoms with Gasteiger partial charge in [-0.2, -0.15) is 0 Å². The summed E-state index contributed by atoms with van der Waals surface area (Å²) in [6.45, 7) is 2.64. The van der Waals surface area contributed by atoms with Crippen LogP contribution in [0.4, 0.5) is 5.69 Å². The molecule has 28 heavy (non-hydrogen) atoms. The standard InChI is InChI=1S/C24H20N2O2/c1-16-22(18-11-5-6-12-19(18)25-16)23-24(27)28-21-14-8-7-13-20(21)26(23)15-17-9-3-2-4-10-17/h2-14,23,25H,15H2,1H3/t23-/m1/s1. The molecule has 1 aromatic heterocycles. The molecule has 2 heterocycles. The molecule has 4 heteroatoms. The Labute approximate surface area is 163 Å². The number of benzene rings is 3. The summed E-state index contributed by atoms with van der Waals surface area (Å²) in [6.07, 6.45) is 0. The molecule has 0 fully saturated rings. The van der Waals surface area contributed by atoms with E-state index >= 15 is 0 Å². The van der Waals surface area contributed by atoms with Gasteiger partial charge in [0, 0.05) is 28.7 Å². The molecular weight excluding hydrogens is 348 g/mol. The highest BCUT2D eigenvalue weighted by Gasteiger charge is 2.38. The molecule has 0 bridgehead atoms. The Balaban J connectivity index is 1.70. The number of aromatic nitrogens is 1. The van der Waals surface area contributed by atoms with Crippen LogP contribution in [0.15, 0.2) is 78.9 Å². The number of anilines is 1. The van der Waals surface area contributed by atoms with Gasteiger partial charge >= 0.3 is 5.97 Å². The molecule has 0 spiro atoms. The van der Waals surface area contributed by atoms with Crippen LogP contribution in [-0.4, -0.2) is 11.0 Å². The fourth-order valence-corrected chi connectivity index (χ4v) is 4.09. The van der Waals surface area contributed by atoms with Crippen LogP contribution >= 0.6 is 0 Å². The van der Waals surface area contributed by atoms with E-state index in [1.807, 2.05) is 67.6 Å². The average Bonchev–Trinajstić information content (AvgIpc) is 3.04. The number of carbonyl (C=O) groups excluding carboxylic acids is 1. The van der Waals surface area contributed by atoms with Crippen LogP contribution in [0.3, 0.4) is 0 Å². The minimum Gasteiger partial charge on any atom is -0.423 e. The quantitative estimate of drug-likeness (QED) is 0.402. The van der Waals surface area contributed by atoms with Crippen LogP contribution in [0.1, 0.15) is 22.9 Å². The monoisotopic (exact) mass is 368 g/mol. The smallest absolute Gasteiger partial charge is 0.339 e. The molecule has 0 radical (unpaired) electrons. The van der Waals surface area contributed by atoms with Crippen molar-refractivity contribution in [3.05, 3.63) is 95.7 Å². The number of hydrogen-bond acceptors (Lipinski definition) is 3. The van der Waals surface area contributed by atoms with Gasteiger partial charge in [0.25, 0.3) is 0 Å². The van der Waals surface area contributed by atoms with E-state index in [1.165, 1.54) is 0 Å². The topological polar surface area (TPSA) is 45.3 Å². The molecule has 4 nitrogen and oxygen atoms in total. The molecule has 0 amide bonds. The summed E-state index contributed by atoms with van der Waals surface area (Å²) in [6, 6.07) is 25.5. The number of hydrogen-bond donors (Lipinski definition) is 1. The highest BCUT2D eigenvalue weighted by molar-refractivity contribution is 5.95. The minimum absolute atomic E-state index is 0.248. The fourth-order valence-electron chi connectivity index (χ4n) is 4.09. The Morgan fingerprint density at radius 1 is 0.929 bits per heavy atom. The third-order valence-electron chi connectivity index (χ3n) is 5.33. The summed E-state index contributed by atoms with van der Waals surface area (Å²) in [5, 5.41) is 1.05. The Morgan fingerprint density at radius 3 is 2.50 bits per heavy atom. The largest absolute Gasteiger partial charge is 0.423 e. The van der Waals surface area contributed by atoms with Gasteiger partial charge in [-0.05, 0) is 30.7 Å². The van der Waals surface area contributed by atoms with E-state index in [-0.39, 0.29) is 5.97 Å². The van der Waals surface area contributed by atoms with Crippen molar-refractivity contribution in [3.8, 4) is 5.75 Å². The van der Waals surface area contributed by atoms with Crippen LogP contribution in [0.2, 0.25) is 0 Å². The molecule has 0 saturated heterocycles. The van der Waals surface area contributed by atoms with Crippen molar-refractivity contribution in [3.63, 3.8) is 0 Å². The summed E-state index contributed by atoms with van der Waals surface area (Å²) in [4.78, 5) is 18.7. The van der Waals surface area contributed by atoms with Crippen molar-refractivity contribution in [1.29, 1.82) is 0 Å². The first-order valence-electron chi connectivity index (χ1n) is 9.41. The van der Waals surface area contributed by atoms with E-state index in [4.69, 9.17) is 4.74 Å². The zero-order valence-corrected chi connectivity index (χ0v) is 15.6. The number of nitrogens with zero attached hydrogens (tertiary/aromatic N) is 1. The van der Waals surface area contributed by atoms with Gasteiger partial charge in [0.15, 0.2) is 11.8 Å². The van der Waals surface area contributed by atoms with Gasteiger partial charge in [-0.15, -0.1) is 0 Å². The first-order valence-corrected chi connectivity index (χ1v) is 9.41. The predicted octanol–water partition coefficient (Wildman–Crippen LogP) is 5.14. The second kappa shape index (κ2) is 6.57. The maximum Gasteiger partial charge on any atom is 0.339 e. The van der Waals surface area contributed by atoms with Gasteiger partial charge < -0.3 is 14.6 Å². The second-order valence-electron chi connectivity index (χ2n) is 7.11. The maximum atomic E-state index is 13.2. The lowest BCUT2D eigenvalue weighted by atomic mass is 9.98. The Kier molecular flexibility index (Phi) is 3.90. The van der Waals surface area contributed by atoms with Crippen LogP contribution in [0.25, 0.3) is 10.9 Å². The first kappa shape index (κ1) is 16.6. The number of H-pyrrole nitrogens is 1. The minimum atomic E-state index is -0.508. The Morgan fingerprint density at radius 2 is 1.64 bits per heavy atom. The van der Waals surface area contributed by atoms with Gasteiger partial charge in [0.1, 0.15) is 0 Å². The lowest BCUT2D eigenvalue weighted by molar-refractivity contribution is -0.137. The predicted molar refractivity (Wildman–Crippen MR) is 110 cm³/mol. The zero-order valence-electron chi connectivity index (χ0n) is 15.6. The number of fused-ring (bicyclic) bond motifs is 2. The summed E-state index contributed by atoms with van der Waals surface area (Å²) < 4.78 is 5.75. The molecule has 138 valence electrons. The number of aryl methyl sites for hydroxylation is 1. The second-order valence-corrected chi connectivity index (χ2v) is 7.11. The van der Waals surface area contributed by atoms with Crippen LogP contribution in [0.5, 0.6) is 5.75 Å². The van der Waals surface area contributed by atoms with Crippen molar-refractivity contribution in [1.82, 2.24) is 4.98 Å². The van der Waals surface area contributed by atoms with Crippen molar-refractivity contribution in [2.24, 2.45) is 0 Å². The number of aromatic amines is 1. The van der Waals surface area contributed by atoms with E-state index in [0.717, 1.165) is 33.4 Å². The van der Waals surface area contributed by atoms with Crippen molar-refractivity contribution in [2.75, 3.05) is 4.90 Å². The van der Waals surface area contributed by atoms with Crippen molar-refractivity contribution >= 4 is 22.6 Å². The van der Waals surface area contributed by atoms with E-state index < -0.39 is 6.04 Å². The summed E-state index contributed by atoms with van der Waals surface area (Å²) >= 11 is 0. The maximum absolute atomic E-state index is 13.2. The van der Waals surface area contributed by atoms with Crippen molar-refractivity contribution < 1.29 is 9.53 Å². The van der Waals surface area contributed by atoms with Crippen LogP contribution in [0, 0.1) is 6.92 Å². The van der Waals surface area contributed by atoms with Crippen molar-refractivity contribution in [2.45, 2.75) is 19.5 Å². The number of ether oxygens (including phenoxy) is 1. The first-order chi connectivity index (χ1) is 13.7. The number of esters is 1. The van der Waals surface area contributed by atoms with E-state index in [9.17, 15) is 4.79 Å². The molecule has 0 aliphatic carbocycles. The SMILES string of the molecule is Cc1[nH]c2ccccc2c1[C@@H]1C(=O)Oc2ccccc2N1Cc1ccccc1. The number of carbonyl (C=O) groups is 1. The highest BCUT2D eigenvalue weighted by atomic mass is 16.5. The average molecular weight is 368 g/mol. The molecular formula is C24H20N2O2. The molecule has 1 N–H and O–H groups in total. The fraction of sp³-hybridized carbons (Fsp3) is 0.125. The third-order valence-corrected chi connectivity index (χ3v) is 5.33. The normalized spacial score (nSPS) is 16.1. The lowest BCUT2D eigenvalue weighted by Crippen LogP contribution is -2.40. The third kappa shape index (κ3) is 2.65. The van der Waals surface area contributed by atoms with Gasteiger partial charge in [-0.1, -0.05) is 60.7 Å². The molecule has 3 aromatic carbocycles. The highest BCUT2D eigenvalue weighted by Crippen LogP contribution is 2.43. The molecule has 0 saturated carbocycles. The molecule has 1 atom stereocenters. The number of rotatable bonds is 3. The van der Waals surface area contributed by atoms with Gasteiger partial charge in [-0.25, -0.2) is 4.79 Å². The van der Waals surface area contributed by atoms with E-state index in [0.29, 0.717) is 12.3 Å². The molecule has 4 aromatic rings. The summed E-state index contributed by atoms with van der Waals surface area (Å²) in [5.41, 5.74) is 5.07. The van der Waals surface area contributed by atoms with Crippen LogP contribution < -0.4 is 9.64 Å². The molecule has 0 unspecified atom stereocenters. The van der Waals surface area contributed by atoms with E-state index in [1.54, 1.807) is 0 Å². The zero-order chi connectivity index (χ0) is 19.1. The number of nitrogens with one attached hydrogen (secondary N) is 1. The Bertz CT molecular complexity index is 1160. The Hall–Kier alpha value is -3.53. The molecule has 5 rings (SSSR count). The molecule has 1 aliphatic heterocycles. The lowest BCUT2D eigenvalue weighted by Gasteiger charge is -2.37. The number of para-hydroxylation sites is 3. The van der Waals surface area contributed by atoms with Gasteiger partial charge in [-0.3, -0.25) is 0 Å². The molecule has 1 aliphatic rings.